The molecule has 2 fully saturated rings. The van der Waals surface area contributed by atoms with Crippen molar-refractivity contribution in [2.24, 2.45) is 0 Å². The average molecular weight is 308 g/mol. The van der Waals surface area contributed by atoms with Crippen LogP contribution in [0.25, 0.3) is 0 Å². The van der Waals surface area contributed by atoms with E-state index in [1.807, 2.05) is 4.98 Å². The Morgan fingerprint density at radius 3 is 2.65 bits per heavy atom. The zero-order valence-corrected chi connectivity index (χ0v) is 11.0. The zero-order chi connectivity index (χ0) is 14.5. The number of nitrogens with zero attached hydrogens (tertiary/aromatic N) is 1. The van der Waals surface area contributed by atoms with E-state index < -0.39 is 50.6 Å². The molecule has 0 saturated carbocycles. The summed E-state index contributed by atoms with van der Waals surface area (Å²) in [4.78, 5) is 43.7. The van der Waals surface area contributed by atoms with Gasteiger partial charge in [-0.25, -0.2) is 0 Å². The monoisotopic (exact) mass is 308 g/mol. The van der Waals surface area contributed by atoms with Crippen LogP contribution in [0.2, 0.25) is 0 Å². The van der Waals surface area contributed by atoms with Gasteiger partial charge in [0.1, 0.15) is 0 Å². The van der Waals surface area contributed by atoms with E-state index in [0.29, 0.717) is 0 Å². The molecule has 0 radical (unpaired) electrons. The summed E-state index contributed by atoms with van der Waals surface area (Å²) in [5.41, 5.74) is -1.31. The van der Waals surface area contributed by atoms with Gasteiger partial charge in [0.05, 0.1) is 0 Å². The van der Waals surface area contributed by atoms with Gasteiger partial charge in [0.2, 0.25) is 0 Å². The molecule has 112 valence electrons. The normalized spacial score (nSPS) is 36.8. The van der Waals surface area contributed by atoms with E-state index in [4.69, 9.17) is 13.8 Å². The van der Waals surface area contributed by atoms with Gasteiger partial charge in [-0.15, -0.1) is 0 Å². The third-order valence-corrected chi connectivity index (χ3v) is 4.33. The zero-order valence-electron chi connectivity index (χ0n) is 10.0. The van der Waals surface area contributed by atoms with Gasteiger partial charge < -0.3 is 0 Å². The first-order valence-electron chi connectivity index (χ1n) is 5.79. The third kappa shape index (κ3) is 2.21. The van der Waals surface area contributed by atoms with Crippen LogP contribution in [0.4, 0.5) is 0 Å². The van der Waals surface area contributed by atoms with Crippen molar-refractivity contribution in [3.63, 3.8) is 0 Å². The van der Waals surface area contributed by atoms with Gasteiger partial charge in [0, 0.05) is 0 Å². The summed E-state index contributed by atoms with van der Waals surface area (Å²) < 4.78 is 16.4. The number of hydrogen-bond donors (Lipinski definition) is 4. The van der Waals surface area contributed by atoms with E-state index in [-0.39, 0.29) is 0 Å². The SMILES string of the molecule is O=c1ccn([C@@H]2O[C@H](CO)[C@H]3O[PH](O)(O)O[C@H]32)c(=O)[nH]1. The van der Waals surface area contributed by atoms with Crippen LogP contribution in [0.3, 0.4) is 0 Å². The molecule has 10 nitrogen and oxygen atoms in total. The molecule has 0 aliphatic carbocycles. The molecule has 0 spiro atoms. The minimum atomic E-state index is -4.28. The summed E-state index contributed by atoms with van der Waals surface area (Å²) in [6.07, 6.45) is -2.56. The molecular formula is C9H13N2O8P. The summed E-state index contributed by atoms with van der Waals surface area (Å²) in [6, 6.07) is 1.12. The van der Waals surface area contributed by atoms with Gasteiger partial charge in [-0.1, -0.05) is 0 Å². The van der Waals surface area contributed by atoms with Gasteiger partial charge >= 0.3 is 111 Å². The van der Waals surface area contributed by atoms with Crippen LogP contribution < -0.4 is 11.2 Å². The fourth-order valence-corrected chi connectivity index (χ4v) is 3.66. The van der Waals surface area contributed by atoms with Crippen LogP contribution in [-0.4, -0.2) is 49.4 Å². The van der Waals surface area contributed by atoms with E-state index in [1.54, 1.807) is 0 Å². The summed E-state index contributed by atoms with van der Waals surface area (Å²) in [5.74, 6) is 0. The Labute approximate surface area is 111 Å². The van der Waals surface area contributed by atoms with Gasteiger partial charge in [0.25, 0.3) is 0 Å². The number of nitrogens with one attached hydrogen (secondary N) is 1. The number of aliphatic hydroxyl groups excluding tert-OH is 1. The van der Waals surface area contributed by atoms with Crippen LogP contribution in [-0.2, 0) is 13.8 Å². The molecule has 20 heavy (non-hydrogen) atoms. The Morgan fingerprint density at radius 2 is 2.00 bits per heavy atom. The first-order chi connectivity index (χ1) is 9.41. The molecule has 2 saturated heterocycles. The molecule has 11 heteroatoms. The van der Waals surface area contributed by atoms with Gasteiger partial charge in [-0.3, -0.25) is 0 Å². The molecule has 1 aromatic rings. The van der Waals surface area contributed by atoms with Gasteiger partial charge in [0.15, 0.2) is 0 Å². The molecule has 0 unspecified atom stereocenters. The van der Waals surface area contributed by atoms with Crippen molar-refractivity contribution in [3.8, 4) is 0 Å². The maximum atomic E-state index is 11.7. The number of aliphatic hydroxyl groups is 1. The maximum absolute atomic E-state index is 11.7. The first-order valence-corrected chi connectivity index (χ1v) is 7.50. The standard InChI is InChI=1S/C9H13N2O8P/c12-3-4-6-7(19-20(15,16)18-6)8(17-4)11-2-1-5(13)10-9(11)14/h1-2,4,6-8,12,15-16,20H,3H2,(H,10,13,14)/t4-,6-,7-,8-/m1/s1. The Bertz CT molecular complexity index is 627. The van der Waals surface area contributed by atoms with Crippen LogP contribution >= 0.6 is 8.17 Å². The molecule has 3 heterocycles. The number of aromatic amines is 1. The summed E-state index contributed by atoms with van der Waals surface area (Å²) >= 11 is 0. The topological polar surface area (TPSA) is 143 Å². The first kappa shape index (κ1) is 13.8. The molecule has 0 amide bonds. The number of aromatic nitrogens is 2. The fourth-order valence-electron chi connectivity index (χ4n) is 2.36. The van der Waals surface area contributed by atoms with E-state index >= 15 is 0 Å². The molecule has 4 N–H and O–H groups in total. The van der Waals surface area contributed by atoms with E-state index in [1.165, 1.54) is 6.20 Å². The number of ether oxygens (including phenoxy) is 1. The Balaban J connectivity index is 1.98. The molecule has 2 aliphatic rings. The molecule has 1 aromatic heterocycles. The van der Waals surface area contributed by atoms with Gasteiger partial charge in [-0.05, 0) is 0 Å². The summed E-state index contributed by atoms with van der Waals surface area (Å²) in [6.45, 7) is -0.441. The van der Waals surface area contributed by atoms with Crippen LogP contribution in [0.15, 0.2) is 21.9 Å². The molecule has 2 aliphatic heterocycles. The van der Waals surface area contributed by atoms with Crippen molar-refractivity contribution in [3.05, 3.63) is 33.1 Å². The van der Waals surface area contributed by atoms with E-state index in [0.717, 1.165) is 10.6 Å². The number of rotatable bonds is 2. The van der Waals surface area contributed by atoms with Crippen LogP contribution in [0.5, 0.6) is 0 Å². The predicted molar refractivity (Wildman–Crippen MR) is 64.8 cm³/mol. The van der Waals surface area contributed by atoms with Crippen molar-refractivity contribution < 1.29 is 28.7 Å². The number of fused-ring (bicyclic) bond motifs is 1. The molecular weight excluding hydrogens is 295 g/mol. The Kier molecular flexibility index (Phi) is 3.26. The van der Waals surface area contributed by atoms with E-state index in [9.17, 15) is 24.5 Å². The van der Waals surface area contributed by atoms with Crippen LogP contribution in [0, 0.1) is 0 Å². The van der Waals surface area contributed by atoms with Crippen molar-refractivity contribution in [2.75, 3.05) is 6.61 Å². The van der Waals surface area contributed by atoms with Crippen molar-refractivity contribution >= 4 is 8.17 Å². The molecule has 4 atom stereocenters. The Morgan fingerprint density at radius 1 is 1.30 bits per heavy atom. The second-order valence-corrected chi connectivity index (χ2v) is 6.05. The summed E-state index contributed by atoms with van der Waals surface area (Å²) in [7, 11) is -4.28. The second-order valence-electron chi connectivity index (χ2n) is 4.48. The van der Waals surface area contributed by atoms with Crippen molar-refractivity contribution in [1.29, 1.82) is 0 Å². The van der Waals surface area contributed by atoms with Gasteiger partial charge in [-0.2, -0.15) is 0 Å². The summed E-state index contributed by atoms with van der Waals surface area (Å²) in [5, 5.41) is 9.21. The molecule has 3 rings (SSSR count). The molecule has 0 aromatic carbocycles. The van der Waals surface area contributed by atoms with Crippen LogP contribution in [0.1, 0.15) is 6.23 Å². The Hall–Kier alpha value is -1.13. The van der Waals surface area contributed by atoms with Crippen molar-refractivity contribution in [2.45, 2.75) is 24.5 Å². The quantitative estimate of drug-likeness (QED) is 0.443. The number of hydrogen-bond acceptors (Lipinski definition) is 8. The number of H-pyrrole nitrogens is 1. The minimum absolute atomic E-state index is 0.441. The average Bonchev–Trinajstić information content (AvgIpc) is 2.83. The van der Waals surface area contributed by atoms with Crippen molar-refractivity contribution in [1.82, 2.24) is 9.55 Å². The predicted octanol–water partition coefficient (Wildman–Crippen LogP) is -2.40. The molecule has 0 bridgehead atoms. The van der Waals surface area contributed by atoms with E-state index in [2.05, 4.69) is 0 Å². The third-order valence-electron chi connectivity index (χ3n) is 3.17. The fraction of sp³-hybridized carbons (Fsp3) is 0.556. The second kappa shape index (κ2) is 4.71.